The highest BCUT2D eigenvalue weighted by Gasteiger charge is 2.14. The second-order valence-electron chi connectivity index (χ2n) is 3.76. The lowest BCUT2D eigenvalue weighted by Gasteiger charge is -2.14. The van der Waals surface area contributed by atoms with Crippen LogP contribution < -0.4 is 24.7 Å². The fraction of sp³-hybridized carbons (Fsp3) is 0.231. The molecule has 0 saturated heterocycles. The van der Waals surface area contributed by atoms with E-state index in [2.05, 4.69) is 10.2 Å². The number of nitrogen functional groups attached to an aromatic ring is 1. The molecular formula is C13H15N3O4. The number of nitrogens with zero attached hydrogens (tertiary/aromatic N) is 2. The van der Waals surface area contributed by atoms with Crippen molar-refractivity contribution in [3.63, 3.8) is 0 Å². The van der Waals surface area contributed by atoms with Crippen molar-refractivity contribution < 1.29 is 18.9 Å². The molecule has 0 aliphatic rings. The first kappa shape index (κ1) is 13.7. The molecule has 0 aliphatic heterocycles. The van der Waals surface area contributed by atoms with Crippen LogP contribution in [0.5, 0.6) is 28.9 Å². The van der Waals surface area contributed by atoms with Gasteiger partial charge in [0.05, 0.1) is 21.3 Å². The first-order valence-corrected chi connectivity index (χ1v) is 5.75. The summed E-state index contributed by atoms with van der Waals surface area (Å²) in [5, 5.41) is 7.53. The Labute approximate surface area is 116 Å². The van der Waals surface area contributed by atoms with Crippen molar-refractivity contribution in [2.45, 2.75) is 0 Å². The van der Waals surface area contributed by atoms with Crippen LogP contribution in [0.4, 0.5) is 5.82 Å². The van der Waals surface area contributed by atoms with Gasteiger partial charge in [0, 0.05) is 18.2 Å². The van der Waals surface area contributed by atoms with Crippen LogP contribution >= 0.6 is 0 Å². The summed E-state index contributed by atoms with van der Waals surface area (Å²) in [6.07, 6.45) is 0. The summed E-state index contributed by atoms with van der Waals surface area (Å²) in [4.78, 5) is 0. The van der Waals surface area contributed by atoms with Gasteiger partial charge in [0.25, 0.3) is 0 Å². The molecule has 20 heavy (non-hydrogen) atoms. The van der Waals surface area contributed by atoms with Crippen molar-refractivity contribution in [1.29, 1.82) is 0 Å². The third-order valence-electron chi connectivity index (χ3n) is 2.52. The minimum Gasteiger partial charge on any atom is -0.493 e. The van der Waals surface area contributed by atoms with Crippen LogP contribution in [0.15, 0.2) is 24.3 Å². The zero-order valence-corrected chi connectivity index (χ0v) is 11.4. The van der Waals surface area contributed by atoms with Gasteiger partial charge in [-0.15, -0.1) is 10.2 Å². The van der Waals surface area contributed by atoms with Crippen molar-refractivity contribution in [1.82, 2.24) is 10.2 Å². The van der Waals surface area contributed by atoms with Crippen LogP contribution in [0.3, 0.4) is 0 Å². The van der Waals surface area contributed by atoms with Gasteiger partial charge in [-0.25, -0.2) is 0 Å². The van der Waals surface area contributed by atoms with Gasteiger partial charge in [0.2, 0.25) is 11.6 Å². The first-order chi connectivity index (χ1) is 9.67. The molecule has 2 N–H and O–H groups in total. The first-order valence-electron chi connectivity index (χ1n) is 5.75. The molecule has 0 amide bonds. The second kappa shape index (κ2) is 5.96. The maximum absolute atomic E-state index is 5.57. The number of hydrogen-bond acceptors (Lipinski definition) is 7. The highest BCUT2D eigenvalue weighted by Crippen LogP contribution is 2.41. The average molecular weight is 277 g/mol. The maximum atomic E-state index is 5.57. The van der Waals surface area contributed by atoms with Crippen molar-refractivity contribution >= 4 is 5.82 Å². The molecule has 2 rings (SSSR count). The summed E-state index contributed by atoms with van der Waals surface area (Å²) in [6, 6.07) is 6.55. The summed E-state index contributed by atoms with van der Waals surface area (Å²) >= 11 is 0. The number of rotatable bonds is 5. The molecule has 106 valence electrons. The molecule has 0 radical (unpaired) electrons. The highest BCUT2D eigenvalue weighted by atomic mass is 16.5. The molecule has 1 aromatic carbocycles. The summed E-state index contributed by atoms with van der Waals surface area (Å²) in [5.41, 5.74) is 5.46. The lowest BCUT2D eigenvalue weighted by atomic mass is 10.2. The Morgan fingerprint density at radius 1 is 0.900 bits per heavy atom. The molecule has 0 aliphatic carbocycles. The van der Waals surface area contributed by atoms with E-state index in [-0.39, 0.29) is 0 Å². The number of hydrogen-bond donors (Lipinski definition) is 1. The molecule has 0 unspecified atom stereocenters. The van der Waals surface area contributed by atoms with Gasteiger partial charge >= 0.3 is 0 Å². The lowest BCUT2D eigenvalue weighted by molar-refractivity contribution is 0.320. The Hall–Kier alpha value is -2.70. The predicted molar refractivity (Wildman–Crippen MR) is 72.6 cm³/mol. The number of anilines is 1. The minimum atomic E-state index is 0.313. The zero-order chi connectivity index (χ0) is 14.5. The summed E-state index contributed by atoms with van der Waals surface area (Å²) in [7, 11) is 4.60. The van der Waals surface area contributed by atoms with Gasteiger partial charge in [-0.05, 0) is 6.07 Å². The number of ether oxygens (including phenoxy) is 4. The standard InChI is InChI=1S/C13H15N3O4/c1-17-9-6-8(7-10(18-2)13(9)19-3)20-12-5-4-11(14)15-16-12/h4-7H,1-3H3,(H2,14,15). The molecule has 1 aromatic heterocycles. The van der Waals surface area contributed by atoms with Crippen LogP contribution in [0.1, 0.15) is 0 Å². The Morgan fingerprint density at radius 2 is 1.55 bits per heavy atom. The van der Waals surface area contributed by atoms with Crippen LogP contribution in [0.2, 0.25) is 0 Å². The van der Waals surface area contributed by atoms with E-state index < -0.39 is 0 Å². The molecule has 7 nitrogen and oxygen atoms in total. The van der Waals surface area contributed by atoms with E-state index in [1.165, 1.54) is 21.3 Å². The average Bonchev–Trinajstić information content (AvgIpc) is 2.48. The highest BCUT2D eigenvalue weighted by molar-refractivity contribution is 5.56. The predicted octanol–water partition coefficient (Wildman–Crippen LogP) is 1.88. The van der Waals surface area contributed by atoms with Gasteiger partial charge in [-0.1, -0.05) is 0 Å². The van der Waals surface area contributed by atoms with E-state index in [1.54, 1.807) is 24.3 Å². The molecule has 0 atom stereocenters. The van der Waals surface area contributed by atoms with Gasteiger partial charge < -0.3 is 24.7 Å². The minimum absolute atomic E-state index is 0.313. The molecular weight excluding hydrogens is 262 g/mol. The van der Waals surface area contributed by atoms with Gasteiger partial charge in [-0.2, -0.15) is 0 Å². The number of methoxy groups -OCH3 is 3. The van der Waals surface area contributed by atoms with Crippen molar-refractivity contribution in [2.24, 2.45) is 0 Å². The molecule has 7 heteroatoms. The molecule has 0 spiro atoms. The normalized spacial score (nSPS) is 9.95. The SMILES string of the molecule is COc1cc(Oc2ccc(N)nn2)cc(OC)c1OC. The van der Waals surface area contributed by atoms with Crippen LogP contribution in [-0.4, -0.2) is 31.5 Å². The van der Waals surface area contributed by atoms with Gasteiger partial charge in [0.1, 0.15) is 11.6 Å². The van der Waals surface area contributed by atoms with Gasteiger partial charge in [0.15, 0.2) is 11.5 Å². The van der Waals surface area contributed by atoms with Gasteiger partial charge in [-0.3, -0.25) is 0 Å². The fourth-order valence-electron chi connectivity index (χ4n) is 1.62. The van der Waals surface area contributed by atoms with Crippen molar-refractivity contribution in [3.05, 3.63) is 24.3 Å². The van der Waals surface area contributed by atoms with E-state index in [0.717, 1.165) is 0 Å². The fourth-order valence-corrected chi connectivity index (χ4v) is 1.62. The summed E-state index contributed by atoms with van der Waals surface area (Å²) < 4.78 is 21.3. The van der Waals surface area contributed by atoms with Crippen LogP contribution in [0.25, 0.3) is 0 Å². The molecule has 2 aromatic rings. The molecule has 0 bridgehead atoms. The maximum Gasteiger partial charge on any atom is 0.238 e. The second-order valence-corrected chi connectivity index (χ2v) is 3.76. The van der Waals surface area contributed by atoms with E-state index >= 15 is 0 Å². The third-order valence-corrected chi connectivity index (χ3v) is 2.52. The van der Waals surface area contributed by atoms with E-state index in [1.807, 2.05) is 0 Å². The molecule has 0 saturated carbocycles. The number of benzene rings is 1. The quantitative estimate of drug-likeness (QED) is 0.892. The largest absolute Gasteiger partial charge is 0.493 e. The number of aromatic nitrogens is 2. The van der Waals surface area contributed by atoms with E-state index in [9.17, 15) is 0 Å². The van der Waals surface area contributed by atoms with E-state index in [4.69, 9.17) is 24.7 Å². The monoisotopic (exact) mass is 277 g/mol. The Morgan fingerprint density at radius 3 is 2.00 bits per heavy atom. The molecule has 0 fully saturated rings. The summed E-state index contributed by atoms with van der Waals surface area (Å²) in [5.74, 6) is 2.59. The third kappa shape index (κ3) is 2.82. The Kier molecular flexibility index (Phi) is 4.09. The summed E-state index contributed by atoms with van der Waals surface area (Å²) in [6.45, 7) is 0. The van der Waals surface area contributed by atoms with Crippen LogP contribution in [-0.2, 0) is 0 Å². The molecule has 1 heterocycles. The Balaban J connectivity index is 2.34. The van der Waals surface area contributed by atoms with Crippen molar-refractivity contribution in [2.75, 3.05) is 27.1 Å². The topological polar surface area (TPSA) is 88.7 Å². The smallest absolute Gasteiger partial charge is 0.238 e. The zero-order valence-electron chi connectivity index (χ0n) is 11.4. The lowest BCUT2D eigenvalue weighted by Crippen LogP contribution is -1.98. The van der Waals surface area contributed by atoms with Crippen molar-refractivity contribution in [3.8, 4) is 28.9 Å². The van der Waals surface area contributed by atoms with Crippen LogP contribution in [0, 0.1) is 0 Å². The van der Waals surface area contributed by atoms with E-state index in [0.29, 0.717) is 34.7 Å². The number of nitrogens with two attached hydrogens (primary N) is 1. The Bertz CT molecular complexity index is 562.